The molecular weight excluding hydrogens is 336 g/mol. The highest BCUT2D eigenvalue weighted by atomic mass is 79.9. The third-order valence-corrected chi connectivity index (χ3v) is 4.08. The lowest BCUT2D eigenvalue weighted by Crippen LogP contribution is -2.26. The SMILES string of the molecule is NNc1ncc(Br)cc1S(=O)(=O)NCc1ncc[nH]1. The summed E-state index contributed by atoms with van der Waals surface area (Å²) in [5.74, 6) is 5.82. The first-order chi connectivity index (χ1) is 9.03. The van der Waals surface area contributed by atoms with E-state index in [0.29, 0.717) is 10.3 Å². The van der Waals surface area contributed by atoms with Crippen molar-refractivity contribution in [1.29, 1.82) is 0 Å². The van der Waals surface area contributed by atoms with Crippen LogP contribution in [0.15, 0.2) is 34.0 Å². The average molecular weight is 347 g/mol. The van der Waals surface area contributed by atoms with E-state index in [1.165, 1.54) is 18.5 Å². The molecule has 0 unspecified atom stereocenters. The van der Waals surface area contributed by atoms with Gasteiger partial charge in [0, 0.05) is 23.1 Å². The van der Waals surface area contributed by atoms with E-state index in [4.69, 9.17) is 5.84 Å². The molecule has 0 aliphatic rings. The van der Waals surface area contributed by atoms with Gasteiger partial charge in [-0.15, -0.1) is 0 Å². The van der Waals surface area contributed by atoms with Crippen molar-refractivity contribution < 1.29 is 8.42 Å². The molecule has 0 radical (unpaired) electrons. The van der Waals surface area contributed by atoms with Crippen LogP contribution >= 0.6 is 15.9 Å². The lowest BCUT2D eigenvalue weighted by Gasteiger charge is -2.09. The molecule has 19 heavy (non-hydrogen) atoms. The van der Waals surface area contributed by atoms with Crippen LogP contribution in [0.25, 0.3) is 0 Å². The van der Waals surface area contributed by atoms with Gasteiger partial charge < -0.3 is 10.4 Å². The van der Waals surface area contributed by atoms with Crippen LogP contribution < -0.4 is 16.0 Å². The summed E-state index contributed by atoms with van der Waals surface area (Å²) < 4.78 is 27.2. The first-order valence-electron chi connectivity index (χ1n) is 5.13. The highest BCUT2D eigenvalue weighted by molar-refractivity contribution is 9.10. The number of nitrogens with zero attached hydrogens (tertiary/aromatic N) is 2. The lowest BCUT2D eigenvalue weighted by molar-refractivity contribution is 0.579. The molecule has 0 saturated heterocycles. The number of aromatic amines is 1. The fourth-order valence-electron chi connectivity index (χ4n) is 1.37. The van der Waals surface area contributed by atoms with Gasteiger partial charge in [0.1, 0.15) is 10.7 Å². The minimum Gasteiger partial charge on any atom is -0.347 e. The number of hydrazine groups is 1. The van der Waals surface area contributed by atoms with Crippen molar-refractivity contribution in [3.8, 4) is 0 Å². The topological polar surface area (TPSA) is 126 Å². The van der Waals surface area contributed by atoms with Crippen LogP contribution in [0.1, 0.15) is 5.82 Å². The predicted molar refractivity (Wildman–Crippen MR) is 72.4 cm³/mol. The number of nitrogen functional groups attached to an aromatic ring is 1. The quantitative estimate of drug-likeness (QED) is 0.456. The van der Waals surface area contributed by atoms with Crippen LogP contribution in [0.5, 0.6) is 0 Å². The molecule has 0 aliphatic heterocycles. The molecule has 102 valence electrons. The first-order valence-corrected chi connectivity index (χ1v) is 7.40. The Kier molecular flexibility index (Phi) is 4.14. The number of nitrogens with two attached hydrogens (primary N) is 1. The van der Waals surface area contributed by atoms with E-state index in [0.717, 1.165) is 0 Å². The molecule has 0 spiro atoms. The number of hydrogen-bond donors (Lipinski definition) is 4. The molecule has 2 rings (SSSR count). The molecule has 8 nitrogen and oxygen atoms in total. The van der Waals surface area contributed by atoms with Gasteiger partial charge >= 0.3 is 0 Å². The van der Waals surface area contributed by atoms with Gasteiger partial charge in [0.25, 0.3) is 0 Å². The Labute approximate surface area is 118 Å². The summed E-state index contributed by atoms with van der Waals surface area (Å²) in [5, 5.41) is 0. The van der Waals surface area contributed by atoms with Gasteiger partial charge in [-0.05, 0) is 22.0 Å². The zero-order chi connectivity index (χ0) is 13.9. The standard InChI is InChI=1S/C9H11BrN6O2S/c10-6-3-7(9(16-11)14-4-6)19(17,18)15-5-8-12-1-2-13-8/h1-4,15H,5,11H2,(H,12,13)(H,14,16). The fraction of sp³-hybridized carbons (Fsp3) is 0.111. The van der Waals surface area contributed by atoms with Crippen molar-refractivity contribution in [3.63, 3.8) is 0 Å². The number of sulfonamides is 1. The van der Waals surface area contributed by atoms with Crippen molar-refractivity contribution in [2.24, 2.45) is 5.84 Å². The molecule has 5 N–H and O–H groups in total. The van der Waals surface area contributed by atoms with Gasteiger partial charge in [-0.3, -0.25) is 0 Å². The summed E-state index contributed by atoms with van der Waals surface area (Å²) in [4.78, 5) is 10.6. The Balaban J connectivity index is 2.26. The summed E-state index contributed by atoms with van der Waals surface area (Å²) in [6.07, 6.45) is 4.59. The van der Waals surface area contributed by atoms with Gasteiger partial charge in [0.15, 0.2) is 5.82 Å². The number of pyridine rings is 1. The van der Waals surface area contributed by atoms with Gasteiger partial charge in [-0.25, -0.2) is 29.0 Å². The monoisotopic (exact) mass is 346 g/mol. The average Bonchev–Trinajstić information content (AvgIpc) is 2.89. The number of hydrogen-bond acceptors (Lipinski definition) is 6. The third kappa shape index (κ3) is 3.29. The van der Waals surface area contributed by atoms with Crippen LogP contribution in [-0.2, 0) is 16.6 Å². The van der Waals surface area contributed by atoms with E-state index in [9.17, 15) is 8.42 Å². The minimum atomic E-state index is -3.75. The van der Waals surface area contributed by atoms with Crippen molar-refractivity contribution in [3.05, 3.63) is 35.0 Å². The van der Waals surface area contributed by atoms with Crippen molar-refractivity contribution >= 4 is 31.8 Å². The minimum absolute atomic E-state index is 0.0454. The Hall–Kier alpha value is -1.49. The highest BCUT2D eigenvalue weighted by Gasteiger charge is 2.20. The molecule has 0 aliphatic carbocycles. The fourth-order valence-corrected chi connectivity index (χ4v) is 2.98. The molecule has 2 heterocycles. The lowest BCUT2D eigenvalue weighted by atomic mass is 10.5. The number of halogens is 1. The second kappa shape index (κ2) is 5.65. The summed E-state index contributed by atoms with van der Waals surface area (Å²) in [7, 11) is -3.75. The predicted octanol–water partition coefficient (Wildman–Crippen LogP) is 0.331. The van der Waals surface area contributed by atoms with E-state index in [1.54, 1.807) is 6.20 Å². The molecule has 0 bridgehead atoms. The molecule has 2 aromatic heterocycles. The van der Waals surface area contributed by atoms with Crippen molar-refractivity contribution in [1.82, 2.24) is 19.7 Å². The normalized spacial score (nSPS) is 11.5. The number of imidazole rings is 1. The van der Waals surface area contributed by atoms with Crippen molar-refractivity contribution in [2.75, 3.05) is 5.43 Å². The molecule has 0 fully saturated rings. The smallest absolute Gasteiger partial charge is 0.244 e. The molecule has 0 saturated carbocycles. The number of H-pyrrole nitrogens is 1. The summed E-state index contributed by atoms with van der Waals surface area (Å²) in [6.45, 7) is 0.0475. The van der Waals surface area contributed by atoms with Crippen LogP contribution in [0.4, 0.5) is 5.82 Å². The Bertz CT molecular complexity index is 657. The largest absolute Gasteiger partial charge is 0.347 e. The summed E-state index contributed by atoms with van der Waals surface area (Å²) in [5.41, 5.74) is 2.25. The maximum absolute atomic E-state index is 12.2. The zero-order valence-electron chi connectivity index (χ0n) is 9.59. The third-order valence-electron chi connectivity index (χ3n) is 2.23. The van der Waals surface area contributed by atoms with Gasteiger partial charge in [0.05, 0.1) is 6.54 Å². The molecule has 0 atom stereocenters. The van der Waals surface area contributed by atoms with Gasteiger partial charge in [-0.1, -0.05) is 0 Å². The maximum atomic E-state index is 12.2. The van der Waals surface area contributed by atoms with E-state index in [1.807, 2.05) is 0 Å². The summed E-state index contributed by atoms with van der Waals surface area (Å²) in [6, 6.07) is 1.41. The Morgan fingerprint density at radius 2 is 2.21 bits per heavy atom. The molecule has 10 heteroatoms. The number of nitrogens with one attached hydrogen (secondary N) is 3. The van der Waals surface area contributed by atoms with E-state index in [-0.39, 0.29) is 17.3 Å². The summed E-state index contributed by atoms with van der Waals surface area (Å²) >= 11 is 3.17. The first kappa shape index (κ1) is 13.9. The second-order valence-electron chi connectivity index (χ2n) is 3.51. The molecule has 0 aromatic carbocycles. The Morgan fingerprint density at radius 3 is 2.84 bits per heavy atom. The van der Waals surface area contributed by atoms with Crippen LogP contribution in [0.3, 0.4) is 0 Å². The number of anilines is 1. The van der Waals surface area contributed by atoms with Crippen molar-refractivity contribution in [2.45, 2.75) is 11.4 Å². The van der Waals surface area contributed by atoms with Gasteiger partial charge in [-0.2, -0.15) is 0 Å². The van der Waals surface area contributed by atoms with E-state index in [2.05, 4.69) is 41.0 Å². The second-order valence-corrected chi connectivity index (χ2v) is 6.16. The number of aromatic nitrogens is 3. The molecule has 0 amide bonds. The van der Waals surface area contributed by atoms with E-state index >= 15 is 0 Å². The van der Waals surface area contributed by atoms with Crippen LogP contribution in [0, 0.1) is 0 Å². The van der Waals surface area contributed by atoms with E-state index < -0.39 is 10.0 Å². The van der Waals surface area contributed by atoms with Crippen LogP contribution in [-0.4, -0.2) is 23.4 Å². The molecular formula is C9H11BrN6O2S. The van der Waals surface area contributed by atoms with Crippen LogP contribution in [0.2, 0.25) is 0 Å². The maximum Gasteiger partial charge on any atom is 0.244 e. The molecule has 2 aromatic rings. The highest BCUT2D eigenvalue weighted by Crippen LogP contribution is 2.22. The zero-order valence-corrected chi connectivity index (χ0v) is 12.0. The Morgan fingerprint density at radius 1 is 1.42 bits per heavy atom. The van der Waals surface area contributed by atoms with Gasteiger partial charge in [0.2, 0.25) is 10.0 Å². The number of rotatable bonds is 5.